The maximum Gasteiger partial charge on any atom is 0.307 e. The highest BCUT2D eigenvalue weighted by molar-refractivity contribution is 7.91. The summed E-state index contributed by atoms with van der Waals surface area (Å²) in [6.45, 7) is 0.542. The summed E-state index contributed by atoms with van der Waals surface area (Å²) in [7, 11) is -3.49. The average molecular weight is 331 g/mol. The zero-order valence-corrected chi connectivity index (χ0v) is 13.5. The van der Waals surface area contributed by atoms with Crippen molar-refractivity contribution in [2.24, 2.45) is 5.92 Å². The highest BCUT2D eigenvalue weighted by Crippen LogP contribution is 2.23. The minimum absolute atomic E-state index is 0.0668. The first kappa shape index (κ1) is 16.5. The first-order valence-electron chi connectivity index (χ1n) is 7.27. The molecule has 1 aromatic heterocycles. The van der Waals surface area contributed by atoms with Gasteiger partial charge in [-0.15, -0.1) is 11.3 Å². The number of rotatable bonds is 7. The first-order chi connectivity index (χ1) is 10.1. The molecule has 0 saturated heterocycles. The zero-order chi connectivity index (χ0) is 15.1. The van der Waals surface area contributed by atoms with E-state index in [9.17, 15) is 13.2 Å². The molecule has 0 amide bonds. The summed E-state index contributed by atoms with van der Waals surface area (Å²) in [5.41, 5.74) is 0. The topological polar surface area (TPSA) is 72.5 Å². The van der Waals surface area contributed by atoms with Crippen LogP contribution in [0, 0.1) is 5.92 Å². The predicted octanol–water partition coefficient (Wildman–Crippen LogP) is 2.54. The fourth-order valence-electron chi connectivity index (χ4n) is 2.41. The largest absolute Gasteiger partial charge is 0.465 e. The highest BCUT2D eigenvalue weighted by atomic mass is 32.2. The van der Waals surface area contributed by atoms with E-state index in [2.05, 4.69) is 4.72 Å². The lowest BCUT2D eigenvalue weighted by Crippen LogP contribution is -2.26. The van der Waals surface area contributed by atoms with Crippen LogP contribution >= 0.6 is 11.3 Å². The summed E-state index contributed by atoms with van der Waals surface area (Å²) in [6, 6.07) is 3.21. The van der Waals surface area contributed by atoms with Crippen LogP contribution in [-0.4, -0.2) is 27.5 Å². The van der Waals surface area contributed by atoms with Gasteiger partial charge in [-0.1, -0.05) is 25.3 Å². The van der Waals surface area contributed by atoms with Crippen molar-refractivity contribution in [3.05, 3.63) is 17.5 Å². The summed E-state index contributed by atoms with van der Waals surface area (Å²) >= 11 is 1.15. The molecule has 1 fully saturated rings. The number of nitrogens with one attached hydrogen (secondary N) is 1. The van der Waals surface area contributed by atoms with Crippen molar-refractivity contribution in [3.8, 4) is 0 Å². The summed E-state index contributed by atoms with van der Waals surface area (Å²) in [4.78, 5) is 11.6. The number of ether oxygens (including phenoxy) is 1. The predicted molar refractivity (Wildman–Crippen MR) is 81.7 cm³/mol. The van der Waals surface area contributed by atoms with Crippen LogP contribution in [0.1, 0.15) is 38.5 Å². The molecule has 0 radical (unpaired) electrons. The Labute approximate surface area is 129 Å². The van der Waals surface area contributed by atoms with Crippen LogP contribution < -0.4 is 4.72 Å². The number of thiophene rings is 1. The van der Waals surface area contributed by atoms with Gasteiger partial charge in [0.1, 0.15) is 4.21 Å². The molecule has 1 N–H and O–H groups in total. The molecule has 1 heterocycles. The fraction of sp³-hybridized carbons (Fsp3) is 0.643. The maximum atomic E-state index is 11.8. The van der Waals surface area contributed by atoms with Gasteiger partial charge in [-0.05, 0) is 30.2 Å². The second-order valence-electron chi connectivity index (χ2n) is 5.27. The zero-order valence-electron chi connectivity index (χ0n) is 11.9. The van der Waals surface area contributed by atoms with Crippen LogP contribution in [0.4, 0.5) is 0 Å². The summed E-state index contributed by atoms with van der Waals surface area (Å²) in [6.07, 6.45) is 6.01. The number of hydrogen-bond acceptors (Lipinski definition) is 5. The highest BCUT2D eigenvalue weighted by Gasteiger charge is 2.17. The average Bonchev–Trinajstić information content (AvgIpc) is 3.01. The monoisotopic (exact) mass is 331 g/mol. The van der Waals surface area contributed by atoms with Crippen LogP contribution in [-0.2, 0) is 19.6 Å². The molecule has 7 heteroatoms. The van der Waals surface area contributed by atoms with E-state index in [-0.39, 0.29) is 23.1 Å². The van der Waals surface area contributed by atoms with Crippen molar-refractivity contribution in [2.75, 3.05) is 13.2 Å². The molecule has 5 nitrogen and oxygen atoms in total. The van der Waals surface area contributed by atoms with E-state index in [0.29, 0.717) is 12.5 Å². The van der Waals surface area contributed by atoms with E-state index in [1.165, 1.54) is 25.3 Å². The summed E-state index contributed by atoms with van der Waals surface area (Å²) in [5, 5.41) is 1.70. The maximum absolute atomic E-state index is 11.8. The van der Waals surface area contributed by atoms with E-state index in [1.54, 1.807) is 11.4 Å². The third-order valence-corrected chi connectivity index (χ3v) is 6.44. The molecular weight excluding hydrogens is 310 g/mol. The molecule has 0 bridgehead atoms. The molecule has 0 aliphatic heterocycles. The Hall–Kier alpha value is -0.920. The molecule has 0 unspecified atom stereocenters. The normalized spacial score (nSPS) is 16.8. The second-order valence-corrected chi connectivity index (χ2v) is 8.21. The van der Waals surface area contributed by atoms with Gasteiger partial charge in [-0.2, -0.15) is 0 Å². The Bertz CT molecular complexity index is 533. The van der Waals surface area contributed by atoms with E-state index < -0.39 is 10.0 Å². The molecule has 1 saturated carbocycles. The van der Waals surface area contributed by atoms with Crippen molar-refractivity contribution in [2.45, 2.75) is 42.7 Å². The molecule has 1 aliphatic carbocycles. The lowest BCUT2D eigenvalue weighted by molar-refractivity contribution is -0.145. The fourth-order valence-corrected chi connectivity index (χ4v) is 4.48. The number of sulfonamides is 1. The Morgan fingerprint density at radius 1 is 1.33 bits per heavy atom. The van der Waals surface area contributed by atoms with Gasteiger partial charge in [0.05, 0.1) is 13.0 Å². The van der Waals surface area contributed by atoms with E-state index in [0.717, 1.165) is 24.2 Å². The van der Waals surface area contributed by atoms with Gasteiger partial charge >= 0.3 is 5.97 Å². The number of esters is 1. The molecule has 0 atom stereocenters. The Morgan fingerprint density at radius 3 is 2.76 bits per heavy atom. The quantitative estimate of drug-likeness (QED) is 0.779. The van der Waals surface area contributed by atoms with Crippen molar-refractivity contribution < 1.29 is 17.9 Å². The molecule has 1 aliphatic rings. The third kappa shape index (κ3) is 5.41. The number of carbonyl (C=O) groups excluding carboxylic acids is 1. The molecule has 21 heavy (non-hydrogen) atoms. The molecule has 2 rings (SSSR count). The van der Waals surface area contributed by atoms with Crippen molar-refractivity contribution >= 4 is 27.3 Å². The van der Waals surface area contributed by atoms with Crippen LogP contribution in [0.5, 0.6) is 0 Å². The van der Waals surface area contributed by atoms with Crippen molar-refractivity contribution in [1.29, 1.82) is 0 Å². The lowest BCUT2D eigenvalue weighted by atomic mass is 9.90. The van der Waals surface area contributed by atoms with Crippen molar-refractivity contribution in [1.82, 2.24) is 4.72 Å². The van der Waals surface area contributed by atoms with Gasteiger partial charge < -0.3 is 4.74 Å². The SMILES string of the molecule is O=C(CCNS(=O)(=O)c1cccs1)OCC1CCCCC1. The summed E-state index contributed by atoms with van der Waals surface area (Å²) in [5.74, 6) is 0.139. The van der Waals surface area contributed by atoms with Gasteiger partial charge in [-0.25, -0.2) is 13.1 Å². The minimum atomic E-state index is -3.49. The Kier molecular flexibility index (Phi) is 6.20. The van der Waals surface area contributed by atoms with Gasteiger partial charge in [0.25, 0.3) is 0 Å². The van der Waals surface area contributed by atoms with Gasteiger partial charge in [0.2, 0.25) is 10.0 Å². The summed E-state index contributed by atoms with van der Waals surface area (Å²) < 4.78 is 31.5. The smallest absolute Gasteiger partial charge is 0.307 e. The molecular formula is C14H21NO4S2. The van der Waals surface area contributed by atoms with E-state index in [1.807, 2.05) is 0 Å². The molecule has 118 valence electrons. The van der Waals surface area contributed by atoms with Crippen LogP contribution in [0.15, 0.2) is 21.7 Å². The molecule has 1 aromatic rings. The molecule has 0 aromatic carbocycles. The Morgan fingerprint density at radius 2 is 2.10 bits per heavy atom. The third-order valence-electron chi connectivity index (χ3n) is 3.59. The van der Waals surface area contributed by atoms with Crippen LogP contribution in [0.25, 0.3) is 0 Å². The van der Waals surface area contributed by atoms with Gasteiger partial charge in [0.15, 0.2) is 0 Å². The second kappa shape index (κ2) is 7.91. The van der Waals surface area contributed by atoms with Crippen LogP contribution in [0.3, 0.4) is 0 Å². The minimum Gasteiger partial charge on any atom is -0.465 e. The number of carbonyl (C=O) groups is 1. The number of hydrogen-bond donors (Lipinski definition) is 1. The van der Waals surface area contributed by atoms with Gasteiger partial charge in [-0.3, -0.25) is 4.79 Å². The Balaban J connectivity index is 1.65. The lowest BCUT2D eigenvalue weighted by Gasteiger charge is -2.21. The molecule has 0 spiro atoms. The first-order valence-corrected chi connectivity index (χ1v) is 9.63. The standard InChI is InChI=1S/C14H21NO4S2/c16-13(19-11-12-5-2-1-3-6-12)8-9-15-21(17,18)14-7-4-10-20-14/h4,7,10,12,15H,1-3,5-6,8-9,11H2. The van der Waals surface area contributed by atoms with Crippen molar-refractivity contribution in [3.63, 3.8) is 0 Å². The van der Waals surface area contributed by atoms with Crippen LogP contribution in [0.2, 0.25) is 0 Å². The van der Waals surface area contributed by atoms with E-state index in [4.69, 9.17) is 4.74 Å². The van der Waals surface area contributed by atoms with E-state index >= 15 is 0 Å². The van der Waals surface area contributed by atoms with Gasteiger partial charge in [0, 0.05) is 6.54 Å².